The van der Waals surface area contributed by atoms with Crippen LogP contribution in [0.3, 0.4) is 0 Å². The number of ether oxygens (including phenoxy) is 4. The number of hydrogen-bond donors (Lipinski definition) is 0. The van der Waals surface area contributed by atoms with Gasteiger partial charge in [-0.2, -0.15) is 0 Å². The van der Waals surface area contributed by atoms with Crippen LogP contribution in [0.1, 0.15) is 5.56 Å². The number of carbonyl (C=O) groups excluding carboxylic acids is 2. The van der Waals surface area contributed by atoms with Crippen molar-refractivity contribution in [3.8, 4) is 5.75 Å². The maximum Gasteiger partial charge on any atom is 0.355 e. The van der Waals surface area contributed by atoms with E-state index >= 15 is 0 Å². The van der Waals surface area contributed by atoms with Crippen molar-refractivity contribution >= 4 is 29.2 Å². The maximum atomic E-state index is 13.3. The quantitative estimate of drug-likeness (QED) is 0.643. The number of hydrogen-bond acceptors (Lipinski definition) is 7. The van der Waals surface area contributed by atoms with Crippen LogP contribution in [-0.2, 0) is 30.4 Å². The Morgan fingerprint density at radius 1 is 1.13 bits per heavy atom. The zero-order chi connectivity index (χ0) is 21.7. The van der Waals surface area contributed by atoms with Gasteiger partial charge in [-0.3, -0.25) is 0 Å². The molecule has 1 heterocycles. The summed E-state index contributed by atoms with van der Waals surface area (Å²) in [6.45, 7) is 0.0460. The Labute approximate surface area is 177 Å². The number of halogens is 2. The van der Waals surface area contributed by atoms with Gasteiger partial charge in [-0.15, -0.1) is 0 Å². The number of methoxy groups -OCH3 is 2. The molecule has 0 spiro atoms. The van der Waals surface area contributed by atoms with Crippen molar-refractivity contribution in [2.45, 2.75) is 6.61 Å². The van der Waals surface area contributed by atoms with Gasteiger partial charge in [-0.05, 0) is 35.9 Å². The highest BCUT2D eigenvalue weighted by Crippen LogP contribution is 2.33. The van der Waals surface area contributed by atoms with Crippen molar-refractivity contribution in [3.05, 3.63) is 70.1 Å². The van der Waals surface area contributed by atoms with E-state index in [1.54, 1.807) is 30.3 Å². The molecule has 1 aliphatic rings. The van der Waals surface area contributed by atoms with E-state index in [1.165, 1.54) is 31.3 Å². The Kier molecular flexibility index (Phi) is 6.91. The van der Waals surface area contributed by atoms with Gasteiger partial charge in [0.05, 0.1) is 31.4 Å². The zero-order valence-corrected chi connectivity index (χ0v) is 17.1. The first-order valence-corrected chi connectivity index (χ1v) is 9.24. The van der Waals surface area contributed by atoms with Gasteiger partial charge < -0.3 is 23.8 Å². The normalized spacial score (nSPS) is 13.8. The van der Waals surface area contributed by atoms with Crippen molar-refractivity contribution in [3.63, 3.8) is 0 Å². The summed E-state index contributed by atoms with van der Waals surface area (Å²) < 4.78 is 34.0. The van der Waals surface area contributed by atoms with Crippen LogP contribution in [0.5, 0.6) is 5.75 Å². The van der Waals surface area contributed by atoms with Gasteiger partial charge >= 0.3 is 11.9 Å². The topological polar surface area (TPSA) is 74.3 Å². The minimum atomic E-state index is -0.707. The summed E-state index contributed by atoms with van der Waals surface area (Å²) in [5, 5.41) is 0.262. The van der Waals surface area contributed by atoms with Gasteiger partial charge in [0.25, 0.3) is 0 Å². The number of rotatable bonds is 6. The van der Waals surface area contributed by atoms with E-state index in [0.29, 0.717) is 17.0 Å². The highest BCUT2D eigenvalue weighted by atomic mass is 35.5. The lowest BCUT2D eigenvalue weighted by Crippen LogP contribution is -2.38. The molecule has 0 saturated carbocycles. The average Bonchev–Trinajstić information content (AvgIpc) is 2.76. The molecular weight excluding hydrogens is 417 g/mol. The van der Waals surface area contributed by atoms with E-state index in [2.05, 4.69) is 0 Å². The standard InChI is InChI=1S/C21H19ClFNO6/c1-27-20(25)16-11-29-12-24(19(16)21(26)28-2)15-6-7-18(17(22)9-15)30-10-13-4-3-5-14(23)8-13/h3-9H,10-12H2,1-2H3. The van der Waals surface area contributed by atoms with E-state index in [9.17, 15) is 14.0 Å². The van der Waals surface area contributed by atoms with Crippen molar-refractivity contribution < 1.29 is 32.9 Å². The van der Waals surface area contributed by atoms with Crippen LogP contribution >= 0.6 is 11.6 Å². The predicted octanol–water partition coefficient (Wildman–Crippen LogP) is 3.45. The van der Waals surface area contributed by atoms with E-state index in [4.69, 9.17) is 30.5 Å². The molecule has 1 aliphatic heterocycles. The Hall–Kier alpha value is -3.10. The van der Waals surface area contributed by atoms with Crippen LogP contribution in [0.4, 0.5) is 10.1 Å². The first kappa shape index (κ1) is 21.6. The highest BCUT2D eigenvalue weighted by molar-refractivity contribution is 6.32. The molecule has 7 nitrogen and oxygen atoms in total. The summed E-state index contributed by atoms with van der Waals surface area (Å²) in [5.74, 6) is -1.38. The van der Waals surface area contributed by atoms with Crippen molar-refractivity contribution in [1.29, 1.82) is 0 Å². The maximum absolute atomic E-state index is 13.3. The molecule has 0 aromatic heterocycles. The SMILES string of the molecule is COC(=O)C1=C(C(=O)OC)N(c2ccc(OCc3cccc(F)c3)c(Cl)c2)COC1. The fourth-order valence-electron chi connectivity index (χ4n) is 2.91. The van der Waals surface area contributed by atoms with Crippen LogP contribution in [0.25, 0.3) is 0 Å². The molecule has 0 bridgehead atoms. The lowest BCUT2D eigenvalue weighted by atomic mass is 10.1. The average molecular weight is 436 g/mol. The molecule has 2 aromatic rings. The third-order valence-corrected chi connectivity index (χ3v) is 4.64. The molecule has 0 amide bonds. The fourth-order valence-corrected chi connectivity index (χ4v) is 3.14. The molecule has 0 atom stereocenters. The summed E-state index contributed by atoms with van der Waals surface area (Å²) in [5.41, 5.74) is 1.19. The number of carbonyl (C=O) groups is 2. The highest BCUT2D eigenvalue weighted by Gasteiger charge is 2.32. The third-order valence-electron chi connectivity index (χ3n) is 4.34. The number of esters is 2. The minimum Gasteiger partial charge on any atom is -0.487 e. The Morgan fingerprint density at radius 2 is 1.90 bits per heavy atom. The third kappa shape index (κ3) is 4.72. The number of benzene rings is 2. The van der Waals surface area contributed by atoms with E-state index in [1.807, 2.05) is 0 Å². The lowest BCUT2D eigenvalue weighted by molar-refractivity contribution is -0.140. The number of anilines is 1. The molecule has 0 N–H and O–H groups in total. The van der Waals surface area contributed by atoms with Gasteiger partial charge in [-0.1, -0.05) is 23.7 Å². The fraction of sp³-hybridized carbons (Fsp3) is 0.238. The smallest absolute Gasteiger partial charge is 0.355 e. The molecule has 0 saturated heterocycles. The summed E-state index contributed by atoms with van der Waals surface area (Å²) in [6.07, 6.45) is 0. The molecule has 158 valence electrons. The monoisotopic (exact) mass is 435 g/mol. The molecule has 3 rings (SSSR count). The van der Waals surface area contributed by atoms with Crippen LogP contribution in [0.2, 0.25) is 5.02 Å². The second kappa shape index (κ2) is 9.60. The zero-order valence-electron chi connectivity index (χ0n) is 16.3. The van der Waals surface area contributed by atoms with Gasteiger partial charge in [0, 0.05) is 5.69 Å². The predicted molar refractivity (Wildman–Crippen MR) is 107 cm³/mol. The van der Waals surface area contributed by atoms with Crippen molar-refractivity contribution in [2.24, 2.45) is 0 Å². The van der Waals surface area contributed by atoms with Crippen LogP contribution < -0.4 is 9.64 Å². The van der Waals surface area contributed by atoms with Gasteiger partial charge in [0.1, 0.15) is 30.6 Å². The summed E-state index contributed by atoms with van der Waals surface area (Å²) in [4.78, 5) is 25.9. The van der Waals surface area contributed by atoms with E-state index in [-0.39, 0.29) is 42.1 Å². The molecular formula is C21H19ClFNO6. The second-order valence-corrected chi connectivity index (χ2v) is 6.66. The lowest BCUT2D eigenvalue weighted by Gasteiger charge is -2.31. The van der Waals surface area contributed by atoms with Crippen LogP contribution in [0.15, 0.2) is 53.7 Å². The molecule has 9 heteroatoms. The molecule has 2 aromatic carbocycles. The largest absolute Gasteiger partial charge is 0.487 e. The van der Waals surface area contributed by atoms with Gasteiger partial charge in [0.2, 0.25) is 0 Å². The Balaban J connectivity index is 1.86. The molecule has 0 radical (unpaired) electrons. The summed E-state index contributed by atoms with van der Waals surface area (Å²) in [7, 11) is 2.43. The minimum absolute atomic E-state index is 0.00471. The molecule has 0 unspecified atom stereocenters. The first-order chi connectivity index (χ1) is 14.4. The first-order valence-electron chi connectivity index (χ1n) is 8.86. The Morgan fingerprint density at radius 3 is 2.57 bits per heavy atom. The van der Waals surface area contributed by atoms with Crippen LogP contribution in [-0.4, -0.2) is 39.5 Å². The second-order valence-electron chi connectivity index (χ2n) is 6.25. The number of nitrogens with zero attached hydrogens (tertiary/aromatic N) is 1. The molecule has 30 heavy (non-hydrogen) atoms. The van der Waals surface area contributed by atoms with Crippen LogP contribution in [0, 0.1) is 5.82 Å². The summed E-state index contributed by atoms with van der Waals surface area (Å²) in [6, 6.07) is 10.9. The van der Waals surface area contributed by atoms with Gasteiger partial charge in [0.15, 0.2) is 0 Å². The molecule has 0 aliphatic carbocycles. The Bertz CT molecular complexity index is 993. The summed E-state index contributed by atoms with van der Waals surface area (Å²) >= 11 is 6.34. The van der Waals surface area contributed by atoms with Crippen molar-refractivity contribution in [2.75, 3.05) is 32.5 Å². The van der Waals surface area contributed by atoms with Crippen molar-refractivity contribution in [1.82, 2.24) is 0 Å². The van der Waals surface area contributed by atoms with Gasteiger partial charge in [-0.25, -0.2) is 14.0 Å². The van der Waals surface area contributed by atoms with E-state index < -0.39 is 11.9 Å². The van der Waals surface area contributed by atoms with E-state index in [0.717, 1.165) is 0 Å². The molecule has 0 fully saturated rings.